The highest BCUT2D eigenvalue weighted by atomic mass is 79.9. The molecule has 0 amide bonds. The van der Waals surface area contributed by atoms with E-state index in [1.165, 1.54) is 41.4 Å². The predicted molar refractivity (Wildman–Crippen MR) is 80.7 cm³/mol. The van der Waals surface area contributed by atoms with Gasteiger partial charge in [0.2, 0.25) is 0 Å². The van der Waals surface area contributed by atoms with E-state index in [1.54, 1.807) is 0 Å². The summed E-state index contributed by atoms with van der Waals surface area (Å²) in [5, 5.41) is 0. The Bertz CT molecular complexity index is 405. The third-order valence-electron chi connectivity index (χ3n) is 4.08. The first kappa shape index (κ1) is 14.0. The minimum atomic E-state index is 0.379. The monoisotopic (exact) mass is 310 g/mol. The zero-order valence-corrected chi connectivity index (χ0v) is 12.9. The molecule has 0 bridgehead atoms. The number of aryl methyl sites for hydroxylation is 1. The molecule has 1 aromatic carbocycles. The van der Waals surface area contributed by atoms with Gasteiger partial charge in [0, 0.05) is 23.1 Å². The second-order valence-corrected chi connectivity index (χ2v) is 6.06. The number of benzene rings is 1. The van der Waals surface area contributed by atoms with Crippen molar-refractivity contribution in [1.29, 1.82) is 0 Å². The van der Waals surface area contributed by atoms with Crippen molar-refractivity contribution in [1.82, 2.24) is 4.90 Å². The van der Waals surface area contributed by atoms with Gasteiger partial charge in [0.25, 0.3) is 0 Å². The van der Waals surface area contributed by atoms with E-state index in [0.29, 0.717) is 18.6 Å². The highest BCUT2D eigenvalue weighted by molar-refractivity contribution is 9.10. The summed E-state index contributed by atoms with van der Waals surface area (Å²) >= 11 is 3.56. The number of likely N-dealkylation sites (tertiary alicyclic amines) is 1. The van der Waals surface area contributed by atoms with Gasteiger partial charge >= 0.3 is 0 Å². The van der Waals surface area contributed by atoms with Crippen LogP contribution in [0.2, 0.25) is 0 Å². The summed E-state index contributed by atoms with van der Waals surface area (Å²) in [7, 11) is 0. The molecule has 1 aliphatic heterocycles. The minimum absolute atomic E-state index is 0.379. The van der Waals surface area contributed by atoms with Crippen molar-refractivity contribution in [2.45, 2.75) is 45.2 Å². The van der Waals surface area contributed by atoms with Crippen LogP contribution in [0.3, 0.4) is 0 Å². The van der Waals surface area contributed by atoms with Crippen molar-refractivity contribution >= 4 is 15.9 Å². The molecule has 1 aromatic rings. The van der Waals surface area contributed by atoms with Crippen LogP contribution in [0.1, 0.15) is 43.4 Å². The summed E-state index contributed by atoms with van der Waals surface area (Å²) in [4.78, 5) is 2.60. The molecule has 18 heavy (non-hydrogen) atoms. The second-order valence-electron chi connectivity index (χ2n) is 5.20. The Labute approximate surface area is 119 Å². The van der Waals surface area contributed by atoms with Gasteiger partial charge in [-0.05, 0) is 49.9 Å². The largest absolute Gasteiger partial charge is 0.329 e. The van der Waals surface area contributed by atoms with Gasteiger partial charge in [-0.1, -0.05) is 35.0 Å². The lowest BCUT2D eigenvalue weighted by Gasteiger charge is -2.32. The van der Waals surface area contributed by atoms with Crippen LogP contribution in [-0.2, 0) is 0 Å². The molecular formula is C15H23BrN2. The predicted octanol–water partition coefficient (Wildman–Crippen LogP) is 3.63. The molecule has 0 spiro atoms. The normalized spacial score (nSPS) is 22.3. The Morgan fingerprint density at radius 2 is 2.28 bits per heavy atom. The van der Waals surface area contributed by atoms with Crippen LogP contribution in [0.25, 0.3) is 0 Å². The lowest BCUT2D eigenvalue weighted by Crippen LogP contribution is -2.37. The first-order valence-corrected chi connectivity index (χ1v) is 7.68. The maximum Gasteiger partial charge on any atom is 0.0473 e. The van der Waals surface area contributed by atoms with E-state index in [0.717, 1.165) is 0 Å². The van der Waals surface area contributed by atoms with Crippen LogP contribution in [0.4, 0.5) is 0 Å². The third-order valence-corrected chi connectivity index (χ3v) is 4.97. The lowest BCUT2D eigenvalue weighted by molar-refractivity contribution is 0.180. The summed E-state index contributed by atoms with van der Waals surface area (Å²) in [6.07, 6.45) is 3.86. The summed E-state index contributed by atoms with van der Waals surface area (Å²) in [6.45, 7) is 6.32. The Hall–Kier alpha value is -0.380. The van der Waals surface area contributed by atoms with Gasteiger partial charge in [0.05, 0.1) is 0 Å². The van der Waals surface area contributed by atoms with Crippen molar-refractivity contribution < 1.29 is 0 Å². The molecule has 2 rings (SSSR count). The maximum atomic E-state index is 6.04. The summed E-state index contributed by atoms with van der Waals surface area (Å²) in [5.74, 6) is 0. The number of rotatable bonds is 4. The molecule has 1 fully saturated rings. The van der Waals surface area contributed by atoms with Crippen molar-refractivity contribution in [2.24, 2.45) is 5.73 Å². The van der Waals surface area contributed by atoms with Crippen LogP contribution >= 0.6 is 15.9 Å². The quantitative estimate of drug-likeness (QED) is 0.920. The van der Waals surface area contributed by atoms with Gasteiger partial charge in [-0.3, -0.25) is 4.90 Å². The molecule has 0 saturated carbocycles. The summed E-state index contributed by atoms with van der Waals surface area (Å²) in [5.41, 5.74) is 8.69. The Morgan fingerprint density at radius 1 is 1.50 bits per heavy atom. The molecule has 1 heterocycles. The van der Waals surface area contributed by atoms with Gasteiger partial charge < -0.3 is 5.73 Å². The minimum Gasteiger partial charge on any atom is -0.329 e. The van der Waals surface area contributed by atoms with Crippen molar-refractivity contribution in [2.75, 3.05) is 13.1 Å². The fourth-order valence-electron chi connectivity index (χ4n) is 3.04. The SMILES string of the molecule is CCC1CCCN1C(CN)c1ccc(Br)c(C)c1. The average Bonchev–Trinajstić information content (AvgIpc) is 2.83. The van der Waals surface area contributed by atoms with E-state index in [9.17, 15) is 0 Å². The molecule has 3 heteroatoms. The van der Waals surface area contributed by atoms with Crippen molar-refractivity contribution in [3.63, 3.8) is 0 Å². The van der Waals surface area contributed by atoms with Gasteiger partial charge in [-0.2, -0.15) is 0 Å². The molecule has 100 valence electrons. The van der Waals surface area contributed by atoms with Crippen LogP contribution in [0.5, 0.6) is 0 Å². The molecule has 2 N–H and O–H groups in total. The lowest BCUT2D eigenvalue weighted by atomic mass is 10.0. The van der Waals surface area contributed by atoms with Gasteiger partial charge in [-0.25, -0.2) is 0 Å². The van der Waals surface area contributed by atoms with E-state index < -0.39 is 0 Å². The Morgan fingerprint density at radius 3 is 2.89 bits per heavy atom. The Kier molecular flexibility index (Phi) is 4.82. The fourth-order valence-corrected chi connectivity index (χ4v) is 3.29. The zero-order chi connectivity index (χ0) is 13.1. The van der Waals surface area contributed by atoms with Gasteiger partial charge in [0.15, 0.2) is 0 Å². The number of hydrogen-bond acceptors (Lipinski definition) is 2. The molecule has 0 aliphatic carbocycles. The third kappa shape index (κ3) is 2.79. The summed E-state index contributed by atoms with van der Waals surface area (Å²) < 4.78 is 1.18. The van der Waals surface area contributed by atoms with E-state index in [2.05, 4.69) is 52.9 Å². The standard InChI is InChI=1S/C15H23BrN2/c1-3-13-5-4-8-18(13)15(10-17)12-6-7-14(16)11(2)9-12/h6-7,9,13,15H,3-5,8,10,17H2,1-2H3. The first-order valence-electron chi connectivity index (χ1n) is 6.89. The molecule has 2 atom stereocenters. The van der Waals surface area contributed by atoms with Crippen LogP contribution in [0.15, 0.2) is 22.7 Å². The first-order chi connectivity index (χ1) is 8.67. The van der Waals surface area contributed by atoms with Crippen molar-refractivity contribution in [3.8, 4) is 0 Å². The van der Waals surface area contributed by atoms with Crippen molar-refractivity contribution in [3.05, 3.63) is 33.8 Å². The highest BCUT2D eigenvalue weighted by Gasteiger charge is 2.29. The number of hydrogen-bond donors (Lipinski definition) is 1. The van der Waals surface area contributed by atoms with E-state index in [4.69, 9.17) is 5.73 Å². The molecule has 1 saturated heterocycles. The zero-order valence-electron chi connectivity index (χ0n) is 11.3. The topological polar surface area (TPSA) is 29.3 Å². The highest BCUT2D eigenvalue weighted by Crippen LogP contribution is 2.31. The van der Waals surface area contributed by atoms with Gasteiger partial charge in [0.1, 0.15) is 0 Å². The van der Waals surface area contributed by atoms with Crippen LogP contribution in [-0.4, -0.2) is 24.0 Å². The second kappa shape index (κ2) is 6.18. The van der Waals surface area contributed by atoms with E-state index in [1.807, 2.05) is 0 Å². The molecular weight excluding hydrogens is 288 g/mol. The van der Waals surface area contributed by atoms with Crippen LogP contribution in [0, 0.1) is 6.92 Å². The summed E-state index contributed by atoms with van der Waals surface area (Å²) in [6, 6.07) is 7.71. The van der Waals surface area contributed by atoms with Gasteiger partial charge in [-0.15, -0.1) is 0 Å². The molecule has 2 unspecified atom stereocenters. The fraction of sp³-hybridized carbons (Fsp3) is 0.600. The molecule has 0 aromatic heterocycles. The number of nitrogens with two attached hydrogens (primary N) is 1. The van der Waals surface area contributed by atoms with Crippen LogP contribution < -0.4 is 5.73 Å². The molecule has 0 radical (unpaired) electrons. The maximum absolute atomic E-state index is 6.04. The number of nitrogens with zero attached hydrogens (tertiary/aromatic N) is 1. The number of halogens is 1. The Balaban J connectivity index is 2.24. The van der Waals surface area contributed by atoms with E-state index in [-0.39, 0.29) is 0 Å². The van der Waals surface area contributed by atoms with E-state index >= 15 is 0 Å². The average molecular weight is 311 g/mol. The molecule has 1 aliphatic rings. The smallest absolute Gasteiger partial charge is 0.0473 e. The molecule has 2 nitrogen and oxygen atoms in total.